The number of nitrogens with two attached hydrogens (primary N) is 1. The Balaban J connectivity index is 2.19. The summed E-state index contributed by atoms with van der Waals surface area (Å²) in [6.07, 6.45) is 1.55. The van der Waals surface area contributed by atoms with Crippen LogP contribution in [-0.4, -0.2) is 34.4 Å². The number of carbonyl (C=O) groups is 1. The molecular weight excluding hydrogens is 222 g/mol. The standard InChI is InChI=1S/C11H15N3O3/c1-7-4-5-9(17-7)11(15)14-6-2-3-8(14)10(12)13-16/h4-5,8,16H,2-3,6H2,1H3,(H2,12,13). The molecule has 0 aliphatic carbocycles. The summed E-state index contributed by atoms with van der Waals surface area (Å²) in [7, 11) is 0. The number of likely N-dealkylation sites (tertiary alicyclic amines) is 1. The predicted molar refractivity (Wildman–Crippen MR) is 60.9 cm³/mol. The largest absolute Gasteiger partial charge is 0.456 e. The third-order valence-corrected chi connectivity index (χ3v) is 2.92. The van der Waals surface area contributed by atoms with Gasteiger partial charge in [0.25, 0.3) is 5.91 Å². The van der Waals surface area contributed by atoms with Crippen LogP contribution in [0, 0.1) is 6.92 Å². The summed E-state index contributed by atoms with van der Waals surface area (Å²) in [6.45, 7) is 2.38. The van der Waals surface area contributed by atoms with E-state index in [1.807, 2.05) is 0 Å². The van der Waals surface area contributed by atoms with Crippen molar-refractivity contribution in [1.29, 1.82) is 0 Å². The van der Waals surface area contributed by atoms with E-state index in [1.165, 1.54) is 0 Å². The van der Waals surface area contributed by atoms with E-state index in [9.17, 15) is 4.79 Å². The number of nitrogens with zero attached hydrogens (tertiary/aromatic N) is 2. The van der Waals surface area contributed by atoms with Crippen molar-refractivity contribution in [3.8, 4) is 0 Å². The molecule has 0 radical (unpaired) electrons. The Morgan fingerprint density at radius 2 is 2.41 bits per heavy atom. The normalized spacial score (nSPS) is 20.9. The zero-order chi connectivity index (χ0) is 12.4. The van der Waals surface area contributed by atoms with Gasteiger partial charge in [-0.1, -0.05) is 5.16 Å². The molecule has 1 fully saturated rings. The molecular formula is C11H15N3O3. The van der Waals surface area contributed by atoms with Gasteiger partial charge < -0.3 is 20.3 Å². The number of rotatable bonds is 2. The van der Waals surface area contributed by atoms with Crippen LogP contribution in [0.15, 0.2) is 21.7 Å². The van der Waals surface area contributed by atoms with Crippen LogP contribution >= 0.6 is 0 Å². The monoisotopic (exact) mass is 237 g/mol. The molecule has 1 amide bonds. The highest BCUT2D eigenvalue weighted by Crippen LogP contribution is 2.21. The first kappa shape index (κ1) is 11.5. The van der Waals surface area contributed by atoms with Crippen molar-refractivity contribution in [3.05, 3.63) is 23.7 Å². The molecule has 92 valence electrons. The molecule has 3 N–H and O–H groups in total. The fourth-order valence-electron chi connectivity index (χ4n) is 2.07. The van der Waals surface area contributed by atoms with Gasteiger partial charge in [-0.05, 0) is 31.9 Å². The number of aryl methyl sites for hydroxylation is 1. The molecule has 0 saturated carbocycles. The van der Waals surface area contributed by atoms with Gasteiger partial charge in [0.2, 0.25) is 0 Å². The van der Waals surface area contributed by atoms with Gasteiger partial charge in [0.05, 0.1) is 6.04 Å². The summed E-state index contributed by atoms with van der Waals surface area (Å²) in [5, 5.41) is 11.6. The first-order chi connectivity index (χ1) is 8.13. The van der Waals surface area contributed by atoms with Crippen LogP contribution in [0.5, 0.6) is 0 Å². The minimum atomic E-state index is -0.335. The first-order valence-corrected chi connectivity index (χ1v) is 5.48. The van der Waals surface area contributed by atoms with Crippen LogP contribution < -0.4 is 5.73 Å². The average Bonchev–Trinajstić information content (AvgIpc) is 2.95. The lowest BCUT2D eigenvalue weighted by Gasteiger charge is -2.22. The van der Waals surface area contributed by atoms with Crippen molar-refractivity contribution < 1.29 is 14.4 Å². The molecule has 6 heteroatoms. The molecule has 2 rings (SSSR count). The smallest absolute Gasteiger partial charge is 0.290 e. The van der Waals surface area contributed by atoms with Gasteiger partial charge in [-0.15, -0.1) is 0 Å². The summed E-state index contributed by atoms with van der Waals surface area (Å²) in [4.78, 5) is 13.7. The second kappa shape index (κ2) is 4.48. The second-order valence-electron chi connectivity index (χ2n) is 4.09. The van der Waals surface area contributed by atoms with E-state index in [2.05, 4.69) is 5.16 Å². The van der Waals surface area contributed by atoms with Gasteiger partial charge in [0.15, 0.2) is 11.6 Å². The molecule has 1 aromatic rings. The molecule has 0 spiro atoms. The maximum atomic E-state index is 12.1. The van der Waals surface area contributed by atoms with E-state index < -0.39 is 0 Å². The van der Waals surface area contributed by atoms with E-state index in [-0.39, 0.29) is 17.8 Å². The van der Waals surface area contributed by atoms with Gasteiger partial charge in [-0.25, -0.2) is 0 Å². The minimum Gasteiger partial charge on any atom is -0.456 e. The lowest BCUT2D eigenvalue weighted by atomic mass is 10.2. The highest BCUT2D eigenvalue weighted by Gasteiger charge is 2.33. The summed E-state index contributed by atoms with van der Waals surface area (Å²) >= 11 is 0. The lowest BCUT2D eigenvalue weighted by Crippen LogP contribution is -2.43. The molecule has 2 heterocycles. The fourth-order valence-corrected chi connectivity index (χ4v) is 2.07. The molecule has 1 unspecified atom stereocenters. The Labute approximate surface area is 98.7 Å². The Morgan fingerprint density at radius 1 is 1.65 bits per heavy atom. The fraction of sp³-hybridized carbons (Fsp3) is 0.455. The quantitative estimate of drug-likeness (QED) is 0.346. The van der Waals surface area contributed by atoms with Crippen LogP contribution in [0.1, 0.15) is 29.2 Å². The van der Waals surface area contributed by atoms with E-state index >= 15 is 0 Å². The number of amidine groups is 1. The van der Waals surface area contributed by atoms with Crippen LogP contribution in [0.4, 0.5) is 0 Å². The van der Waals surface area contributed by atoms with E-state index in [4.69, 9.17) is 15.4 Å². The maximum absolute atomic E-state index is 12.1. The second-order valence-corrected chi connectivity index (χ2v) is 4.09. The number of hydrogen-bond donors (Lipinski definition) is 2. The molecule has 17 heavy (non-hydrogen) atoms. The number of furan rings is 1. The Bertz CT molecular complexity index is 453. The van der Waals surface area contributed by atoms with Crippen molar-refractivity contribution in [3.63, 3.8) is 0 Å². The average molecular weight is 237 g/mol. The molecule has 1 aliphatic heterocycles. The third-order valence-electron chi connectivity index (χ3n) is 2.92. The van der Waals surface area contributed by atoms with Crippen molar-refractivity contribution >= 4 is 11.7 Å². The van der Waals surface area contributed by atoms with Crippen LogP contribution in [0.2, 0.25) is 0 Å². The van der Waals surface area contributed by atoms with Gasteiger partial charge in [0.1, 0.15) is 5.76 Å². The number of amides is 1. The van der Waals surface area contributed by atoms with E-state index in [0.717, 1.165) is 6.42 Å². The molecule has 0 bridgehead atoms. The van der Waals surface area contributed by atoms with Crippen molar-refractivity contribution in [1.82, 2.24) is 4.90 Å². The van der Waals surface area contributed by atoms with Gasteiger partial charge in [0, 0.05) is 6.54 Å². The maximum Gasteiger partial charge on any atom is 0.290 e. The first-order valence-electron chi connectivity index (χ1n) is 5.48. The van der Waals surface area contributed by atoms with Gasteiger partial charge in [-0.3, -0.25) is 4.79 Å². The third kappa shape index (κ3) is 2.11. The van der Waals surface area contributed by atoms with Gasteiger partial charge >= 0.3 is 0 Å². The SMILES string of the molecule is Cc1ccc(C(=O)N2CCCC2C(N)=NO)o1. The zero-order valence-corrected chi connectivity index (χ0v) is 9.59. The molecule has 1 aromatic heterocycles. The summed E-state index contributed by atoms with van der Waals surface area (Å²) in [5.74, 6) is 0.833. The highest BCUT2D eigenvalue weighted by molar-refractivity contribution is 5.96. The van der Waals surface area contributed by atoms with Crippen LogP contribution in [0.3, 0.4) is 0 Å². The summed E-state index contributed by atoms with van der Waals surface area (Å²) < 4.78 is 5.29. The Morgan fingerprint density at radius 3 is 3.00 bits per heavy atom. The molecule has 1 aliphatic rings. The molecule has 6 nitrogen and oxygen atoms in total. The number of hydrogen-bond acceptors (Lipinski definition) is 4. The van der Waals surface area contributed by atoms with E-state index in [0.29, 0.717) is 24.5 Å². The van der Waals surface area contributed by atoms with Crippen molar-refractivity contribution in [2.24, 2.45) is 10.9 Å². The number of carbonyl (C=O) groups excluding carboxylic acids is 1. The summed E-state index contributed by atoms with van der Waals surface area (Å²) in [5.41, 5.74) is 5.57. The van der Waals surface area contributed by atoms with Crippen molar-refractivity contribution in [2.45, 2.75) is 25.8 Å². The number of oxime groups is 1. The lowest BCUT2D eigenvalue weighted by molar-refractivity contribution is 0.0734. The van der Waals surface area contributed by atoms with Crippen LogP contribution in [-0.2, 0) is 0 Å². The topological polar surface area (TPSA) is 92.1 Å². The zero-order valence-electron chi connectivity index (χ0n) is 9.59. The van der Waals surface area contributed by atoms with Crippen molar-refractivity contribution in [2.75, 3.05) is 6.54 Å². The molecule has 0 aromatic carbocycles. The Hall–Kier alpha value is -1.98. The minimum absolute atomic E-state index is 0.0686. The Kier molecular flexibility index (Phi) is 3.03. The van der Waals surface area contributed by atoms with E-state index in [1.54, 1.807) is 24.0 Å². The molecule has 1 saturated heterocycles. The van der Waals surface area contributed by atoms with Crippen LogP contribution in [0.25, 0.3) is 0 Å². The predicted octanol–water partition coefficient (Wildman–Crippen LogP) is 0.939. The summed E-state index contributed by atoms with van der Waals surface area (Å²) in [6, 6.07) is 3.04. The van der Waals surface area contributed by atoms with Gasteiger partial charge in [-0.2, -0.15) is 0 Å². The molecule has 1 atom stereocenters. The highest BCUT2D eigenvalue weighted by atomic mass is 16.4.